The Morgan fingerprint density at radius 2 is 1.57 bits per heavy atom. The minimum atomic E-state index is 0.621. The molecular formula is C25H26N4O. The Balaban J connectivity index is 0.000000172. The molecule has 4 rings (SSSR count). The van der Waals surface area contributed by atoms with E-state index in [2.05, 4.69) is 17.2 Å². The van der Waals surface area contributed by atoms with Crippen LogP contribution in [0.25, 0.3) is 12.2 Å². The SMILES string of the molecule is COc1ccc(Cn2cccn2)cc1.Nc1ccc(C=Cc2ccccc2)cc1N. The Morgan fingerprint density at radius 1 is 0.833 bits per heavy atom. The van der Waals surface area contributed by atoms with E-state index >= 15 is 0 Å². The molecule has 4 aromatic rings. The third kappa shape index (κ3) is 6.27. The zero-order chi connectivity index (χ0) is 21.2. The van der Waals surface area contributed by atoms with Gasteiger partial charge in [0.2, 0.25) is 0 Å². The first kappa shape index (κ1) is 20.7. The van der Waals surface area contributed by atoms with Crippen molar-refractivity contribution in [2.24, 2.45) is 0 Å². The van der Waals surface area contributed by atoms with Crippen molar-refractivity contribution < 1.29 is 4.74 Å². The van der Waals surface area contributed by atoms with Gasteiger partial charge < -0.3 is 16.2 Å². The second kappa shape index (κ2) is 10.5. The maximum absolute atomic E-state index is 5.73. The van der Waals surface area contributed by atoms with E-state index in [4.69, 9.17) is 16.2 Å². The van der Waals surface area contributed by atoms with Crippen LogP contribution < -0.4 is 16.2 Å². The maximum atomic E-state index is 5.73. The Hall–Kier alpha value is -3.99. The molecule has 0 unspecified atom stereocenters. The molecule has 0 spiro atoms. The summed E-state index contributed by atoms with van der Waals surface area (Å²) in [5, 5.41) is 4.14. The van der Waals surface area contributed by atoms with E-state index in [9.17, 15) is 0 Å². The first-order valence-corrected chi connectivity index (χ1v) is 9.62. The summed E-state index contributed by atoms with van der Waals surface area (Å²) in [5.74, 6) is 0.884. The fourth-order valence-electron chi connectivity index (χ4n) is 2.77. The first-order valence-electron chi connectivity index (χ1n) is 9.62. The van der Waals surface area contributed by atoms with Gasteiger partial charge >= 0.3 is 0 Å². The van der Waals surface area contributed by atoms with Gasteiger partial charge in [0.25, 0.3) is 0 Å². The van der Waals surface area contributed by atoms with Gasteiger partial charge in [-0.25, -0.2) is 0 Å². The van der Waals surface area contributed by atoms with E-state index in [1.165, 1.54) is 5.56 Å². The lowest BCUT2D eigenvalue weighted by Gasteiger charge is -2.03. The predicted octanol–water partition coefficient (Wildman–Crippen LogP) is 4.96. The number of nitrogen functional groups attached to an aromatic ring is 2. The molecule has 0 aliphatic heterocycles. The summed E-state index contributed by atoms with van der Waals surface area (Å²) in [4.78, 5) is 0. The highest BCUT2D eigenvalue weighted by atomic mass is 16.5. The van der Waals surface area contributed by atoms with Gasteiger partial charge in [-0.15, -0.1) is 0 Å². The molecule has 0 radical (unpaired) electrons. The topological polar surface area (TPSA) is 79.1 Å². The molecule has 0 saturated carbocycles. The molecule has 30 heavy (non-hydrogen) atoms. The summed E-state index contributed by atoms with van der Waals surface area (Å²) in [5.41, 5.74) is 16.1. The summed E-state index contributed by atoms with van der Waals surface area (Å²) in [7, 11) is 1.67. The number of ether oxygens (including phenoxy) is 1. The molecule has 152 valence electrons. The molecule has 0 saturated heterocycles. The van der Waals surface area contributed by atoms with E-state index in [-0.39, 0.29) is 0 Å². The molecule has 5 heteroatoms. The minimum Gasteiger partial charge on any atom is -0.497 e. The van der Waals surface area contributed by atoms with Crippen molar-refractivity contribution in [1.29, 1.82) is 0 Å². The van der Waals surface area contributed by atoms with Crippen LogP contribution >= 0.6 is 0 Å². The zero-order valence-corrected chi connectivity index (χ0v) is 17.0. The Labute approximate surface area is 177 Å². The van der Waals surface area contributed by atoms with Gasteiger partial charge in [0.05, 0.1) is 25.0 Å². The molecule has 4 N–H and O–H groups in total. The number of methoxy groups -OCH3 is 1. The number of nitrogens with zero attached hydrogens (tertiary/aromatic N) is 2. The lowest BCUT2D eigenvalue weighted by molar-refractivity contribution is 0.414. The third-order valence-electron chi connectivity index (χ3n) is 4.44. The lowest BCUT2D eigenvalue weighted by Crippen LogP contribution is -1.99. The fraction of sp³-hybridized carbons (Fsp3) is 0.0800. The van der Waals surface area contributed by atoms with Crippen molar-refractivity contribution in [3.05, 3.63) is 108 Å². The summed E-state index contributed by atoms with van der Waals surface area (Å²) >= 11 is 0. The van der Waals surface area contributed by atoms with E-state index in [1.54, 1.807) is 13.3 Å². The third-order valence-corrected chi connectivity index (χ3v) is 4.44. The second-order valence-electron chi connectivity index (χ2n) is 6.68. The van der Waals surface area contributed by atoms with E-state index in [0.717, 1.165) is 23.4 Å². The largest absolute Gasteiger partial charge is 0.497 e. The van der Waals surface area contributed by atoms with E-state index in [0.29, 0.717) is 11.4 Å². The molecule has 1 heterocycles. The van der Waals surface area contributed by atoms with E-state index in [1.807, 2.05) is 89.8 Å². The van der Waals surface area contributed by atoms with Crippen molar-refractivity contribution in [3.8, 4) is 5.75 Å². The van der Waals surface area contributed by atoms with Crippen LogP contribution in [0.5, 0.6) is 5.75 Å². The van der Waals surface area contributed by atoms with Crippen LogP contribution in [0.3, 0.4) is 0 Å². The van der Waals surface area contributed by atoms with Crippen LogP contribution in [0.4, 0.5) is 11.4 Å². The standard InChI is InChI=1S/C14H14N2.C11H12N2O/c15-13-9-8-12(10-14(13)16)7-6-11-4-2-1-3-5-11;1-14-11-5-3-10(4-6-11)9-13-8-2-7-12-13/h1-10H,15-16H2;2-8H,9H2,1H3. The molecular weight excluding hydrogens is 372 g/mol. The van der Waals surface area contributed by atoms with Crippen molar-refractivity contribution in [2.75, 3.05) is 18.6 Å². The van der Waals surface area contributed by atoms with Crippen molar-refractivity contribution in [1.82, 2.24) is 9.78 Å². The average molecular weight is 399 g/mol. The monoisotopic (exact) mass is 398 g/mol. The highest BCUT2D eigenvalue weighted by Crippen LogP contribution is 2.17. The van der Waals surface area contributed by atoms with Gasteiger partial charge in [-0.2, -0.15) is 5.10 Å². The Kier molecular flexibility index (Phi) is 7.28. The smallest absolute Gasteiger partial charge is 0.118 e. The molecule has 0 aliphatic carbocycles. The lowest BCUT2D eigenvalue weighted by atomic mass is 10.1. The van der Waals surface area contributed by atoms with Gasteiger partial charge in [-0.3, -0.25) is 4.68 Å². The summed E-state index contributed by atoms with van der Waals surface area (Å²) < 4.78 is 6.97. The number of hydrogen-bond acceptors (Lipinski definition) is 4. The van der Waals surface area contributed by atoms with Gasteiger partial charge in [0, 0.05) is 12.4 Å². The zero-order valence-electron chi connectivity index (χ0n) is 17.0. The summed E-state index contributed by atoms with van der Waals surface area (Å²) in [6.07, 6.45) is 7.80. The van der Waals surface area contributed by atoms with Gasteiger partial charge in [0.1, 0.15) is 5.75 Å². The molecule has 0 bridgehead atoms. The Morgan fingerprint density at radius 3 is 2.20 bits per heavy atom. The summed E-state index contributed by atoms with van der Waals surface area (Å²) in [6, 6.07) is 25.7. The molecule has 1 aromatic heterocycles. The minimum absolute atomic E-state index is 0.621. The van der Waals surface area contributed by atoms with E-state index < -0.39 is 0 Å². The van der Waals surface area contributed by atoms with Crippen LogP contribution in [0, 0.1) is 0 Å². The molecule has 0 amide bonds. The van der Waals surface area contributed by atoms with Crippen LogP contribution in [0.1, 0.15) is 16.7 Å². The van der Waals surface area contributed by atoms with Crippen LogP contribution in [-0.2, 0) is 6.54 Å². The predicted molar refractivity (Wildman–Crippen MR) is 125 cm³/mol. The number of hydrogen-bond donors (Lipinski definition) is 2. The van der Waals surface area contributed by atoms with Crippen molar-refractivity contribution >= 4 is 23.5 Å². The number of nitrogens with two attached hydrogens (primary N) is 2. The fourth-order valence-corrected chi connectivity index (χ4v) is 2.77. The number of rotatable bonds is 5. The van der Waals surface area contributed by atoms with Gasteiger partial charge in [-0.1, -0.05) is 60.7 Å². The van der Waals surface area contributed by atoms with Gasteiger partial charge in [0.15, 0.2) is 0 Å². The molecule has 0 fully saturated rings. The van der Waals surface area contributed by atoms with Crippen LogP contribution in [0.15, 0.2) is 91.3 Å². The molecule has 0 aliphatic rings. The molecule has 0 atom stereocenters. The van der Waals surface area contributed by atoms with Crippen molar-refractivity contribution in [3.63, 3.8) is 0 Å². The average Bonchev–Trinajstić information content (AvgIpc) is 3.29. The van der Waals surface area contributed by atoms with Crippen LogP contribution in [-0.4, -0.2) is 16.9 Å². The second-order valence-corrected chi connectivity index (χ2v) is 6.68. The first-order chi connectivity index (χ1) is 14.6. The number of benzene rings is 3. The van der Waals surface area contributed by atoms with Crippen LogP contribution in [0.2, 0.25) is 0 Å². The highest BCUT2D eigenvalue weighted by molar-refractivity contribution is 5.74. The normalized spacial score (nSPS) is 10.4. The Bertz CT molecular complexity index is 1060. The molecule has 3 aromatic carbocycles. The molecule has 5 nitrogen and oxygen atoms in total. The number of anilines is 2. The summed E-state index contributed by atoms with van der Waals surface area (Å²) in [6.45, 7) is 0.803. The highest BCUT2D eigenvalue weighted by Gasteiger charge is 1.96. The number of aromatic nitrogens is 2. The quantitative estimate of drug-likeness (QED) is 0.368. The van der Waals surface area contributed by atoms with Gasteiger partial charge in [-0.05, 0) is 47.0 Å². The maximum Gasteiger partial charge on any atom is 0.118 e. The van der Waals surface area contributed by atoms with Crippen molar-refractivity contribution in [2.45, 2.75) is 6.54 Å².